The van der Waals surface area contributed by atoms with Crippen molar-refractivity contribution >= 4 is 11.9 Å². The predicted octanol–water partition coefficient (Wildman–Crippen LogP) is 3.63. The molecule has 1 aliphatic rings. The second kappa shape index (κ2) is 11.1. The van der Waals surface area contributed by atoms with Gasteiger partial charge >= 0.3 is 5.97 Å². The number of aliphatic carboxylic acids is 1. The van der Waals surface area contributed by atoms with Crippen molar-refractivity contribution < 1.29 is 24.5 Å². The lowest BCUT2D eigenvalue weighted by molar-refractivity contribution is -0.162. The average molecular weight is 426 g/mol. The van der Waals surface area contributed by atoms with Crippen LogP contribution in [-0.2, 0) is 27.5 Å². The molecule has 6 heteroatoms. The van der Waals surface area contributed by atoms with Crippen LogP contribution in [0, 0.1) is 5.41 Å². The number of aliphatic hydroxyl groups excluding tert-OH is 1. The van der Waals surface area contributed by atoms with Crippen molar-refractivity contribution in [2.45, 2.75) is 51.3 Å². The Bertz CT molecular complexity index is 834. The number of carboxylic acids is 1. The summed E-state index contributed by atoms with van der Waals surface area (Å²) >= 11 is 0. The highest BCUT2D eigenvalue weighted by atomic mass is 16.5. The molecule has 1 aliphatic carbocycles. The predicted molar refractivity (Wildman–Crippen MR) is 117 cm³/mol. The summed E-state index contributed by atoms with van der Waals surface area (Å²) in [4.78, 5) is 27.3. The monoisotopic (exact) mass is 425 g/mol. The molecule has 2 aromatic carbocycles. The van der Waals surface area contributed by atoms with Crippen molar-refractivity contribution in [1.82, 2.24) is 4.90 Å². The number of rotatable bonds is 10. The molecule has 0 spiro atoms. The molecule has 1 atom stereocenters. The first-order valence-electron chi connectivity index (χ1n) is 10.9. The third-order valence-corrected chi connectivity index (χ3v) is 6.07. The van der Waals surface area contributed by atoms with E-state index >= 15 is 0 Å². The van der Waals surface area contributed by atoms with Crippen LogP contribution in [0.5, 0.6) is 0 Å². The molecule has 1 amide bonds. The Labute approximate surface area is 183 Å². The quantitative estimate of drug-likeness (QED) is 0.607. The summed E-state index contributed by atoms with van der Waals surface area (Å²) < 4.78 is 5.73. The number of benzene rings is 2. The maximum atomic E-state index is 13.7. The highest BCUT2D eigenvalue weighted by molar-refractivity contribution is 5.88. The van der Waals surface area contributed by atoms with Crippen molar-refractivity contribution in [3.05, 3.63) is 71.8 Å². The fourth-order valence-electron chi connectivity index (χ4n) is 4.23. The van der Waals surface area contributed by atoms with Crippen LogP contribution in [0.15, 0.2) is 60.7 Å². The van der Waals surface area contributed by atoms with Crippen LogP contribution >= 0.6 is 0 Å². The Kier molecular flexibility index (Phi) is 8.20. The number of carbonyl (C=O) groups is 2. The molecule has 2 N–H and O–H groups in total. The normalized spacial score (nSPS) is 16.4. The van der Waals surface area contributed by atoms with Gasteiger partial charge < -0.3 is 19.8 Å². The highest BCUT2D eigenvalue weighted by Gasteiger charge is 2.44. The summed E-state index contributed by atoms with van der Waals surface area (Å²) in [6, 6.07) is 17.7. The van der Waals surface area contributed by atoms with Gasteiger partial charge in [0.2, 0.25) is 5.91 Å². The Balaban J connectivity index is 1.82. The molecule has 0 radical (unpaired) electrons. The first kappa shape index (κ1) is 23.0. The van der Waals surface area contributed by atoms with Crippen molar-refractivity contribution in [3.8, 4) is 0 Å². The summed E-state index contributed by atoms with van der Waals surface area (Å²) in [5, 5.41) is 20.1. The summed E-state index contributed by atoms with van der Waals surface area (Å²) in [5.41, 5.74) is 0.862. The van der Waals surface area contributed by atoms with Crippen LogP contribution in [0.1, 0.15) is 43.2 Å². The zero-order valence-corrected chi connectivity index (χ0v) is 17.8. The van der Waals surface area contributed by atoms with Crippen LogP contribution < -0.4 is 0 Å². The topological polar surface area (TPSA) is 87.1 Å². The molecular formula is C25H31NO5. The minimum absolute atomic E-state index is 0.121. The van der Waals surface area contributed by atoms with Crippen molar-refractivity contribution in [1.29, 1.82) is 0 Å². The fraction of sp³-hybridized carbons (Fsp3) is 0.440. The van der Waals surface area contributed by atoms with Gasteiger partial charge in [0.25, 0.3) is 0 Å². The molecule has 0 aromatic heterocycles. The maximum absolute atomic E-state index is 13.7. The molecule has 1 fully saturated rings. The second-order valence-electron chi connectivity index (χ2n) is 8.27. The lowest BCUT2D eigenvalue weighted by Crippen LogP contribution is -2.54. The number of hydrogen-bond donors (Lipinski definition) is 2. The summed E-state index contributed by atoms with van der Waals surface area (Å²) in [5.74, 6) is -1.41. The zero-order chi connectivity index (χ0) is 22.1. The Morgan fingerprint density at radius 1 is 0.935 bits per heavy atom. The van der Waals surface area contributed by atoms with Gasteiger partial charge in [0.15, 0.2) is 6.04 Å². The Hall–Kier alpha value is -2.70. The molecule has 6 nitrogen and oxygen atoms in total. The van der Waals surface area contributed by atoms with E-state index in [-0.39, 0.29) is 32.3 Å². The summed E-state index contributed by atoms with van der Waals surface area (Å²) in [6.07, 6.45) is 3.88. The van der Waals surface area contributed by atoms with Crippen LogP contribution in [0.25, 0.3) is 0 Å². The lowest BCUT2D eigenvalue weighted by atomic mass is 9.73. The number of hydrogen-bond acceptors (Lipinski definition) is 4. The van der Waals surface area contributed by atoms with Crippen LogP contribution in [-0.4, -0.2) is 46.2 Å². The maximum Gasteiger partial charge on any atom is 0.328 e. The molecule has 0 saturated heterocycles. The number of ether oxygens (including phenoxy) is 1. The number of nitrogens with zero attached hydrogens (tertiary/aromatic N) is 1. The molecular weight excluding hydrogens is 394 g/mol. The molecule has 0 aliphatic heterocycles. The van der Waals surface area contributed by atoms with Crippen LogP contribution in [0.4, 0.5) is 0 Å². The molecule has 31 heavy (non-hydrogen) atoms. The van der Waals surface area contributed by atoms with E-state index in [0.717, 1.165) is 30.4 Å². The van der Waals surface area contributed by atoms with E-state index in [9.17, 15) is 19.8 Å². The molecule has 0 heterocycles. The number of carboxylic acid groups (broad SMARTS) is 1. The van der Waals surface area contributed by atoms with E-state index < -0.39 is 17.4 Å². The first-order valence-corrected chi connectivity index (χ1v) is 10.9. The largest absolute Gasteiger partial charge is 0.480 e. The Morgan fingerprint density at radius 3 is 2.06 bits per heavy atom. The van der Waals surface area contributed by atoms with Gasteiger partial charge in [0.1, 0.15) is 0 Å². The van der Waals surface area contributed by atoms with Gasteiger partial charge in [-0.3, -0.25) is 4.79 Å². The van der Waals surface area contributed by atoms with Crippen molar-refractivity contribution in [2.24, 2.45) is 5.41 Å². The van der Waals surface area contributed by atoms with Crippen molar-refractivity contribution in [2.75, 3.05) is 13.2 Å². The minimum atomic E-state index is -1.14. The minimum Gasteiger partial charge on any atom is -0.480 e. The number of carbonyl (C=O) groups excluding carboxylic acids is 1. The van der Waals surface area contributed by atoms with E-state index in [1.54, 1.807) is 0 Å². The van der Waals surface area contributed by atoms with Gasteiger partial charge in [0, 0.05) is 6.54 Å². The third kappa shape index (κ3) is 5.93. The van der Waals surface area contributed by atoms with E-state index in [0.29, 0.717) is 12.8 Å². The van der Waals surface area contributed by atoms with E-state index in [4.69, 9.17) is 4.74 Å². The molecule has 2 aromatic rings. The highest BCUT2D eigenvalue weighted by Crippen LogP contribution is 2.38. The number of aliphatic hydroxyl groups is 1. The smallest absolute Gasteiger partial charge is 0.328 e. The van der Waals surface area contributed by atoms with E-state index in [1.165, 1.54) is 4.90 Å². The second-order valence-corrected chi connectivity index (χ2v) is 8.27. The molecule has 3 rings (SSSR count). The van der Waals surface area contributed by atoms with E-state index in [1.807, 2.05) is 60.7 Å². The van der Waals surface area contributed by atoms with Gasteiger partial charge in [-0.1, -0.05) is 79.9 Å². The first-order chi connectivity index (χ1) is 15.1. The molecule has 0 bridgehead atoms. The Morgan fingerprint density at radius 2 is 1.52 bits per heavy atom. The van der Waals surface area contributed by atoms with Crippen LogP contribution in [0.3, 0.4) is 0 Å². The van der Waals surface area contributed by atoms with Gasteiger partial charge in [-0.15, -0.1) is 0 Å². The summed E-state index contributed by atoms with van der Waals surface area (Å²) in [7, 11) is 0. The van der Waals surface area contributed by atoms with Gasteiger partial charge in [-0.2, -0.15) is 0 Å². The SMILES string of the molecule is O=C(O)C(COCc1ccccc1)N(Cc1ccccc1)C(=O)C1(CO)CCCCC1. The number of amides is 1. The molecule has 1 saturated carbocycles. The van der Waals surface area contributed by atoms with Crippen LogP contribution in [0.2, 0.25) is 0 Å². The van der Waals surface area contributed by atoms with Gasteiger partial charge in [-0.25, -0.2) is 4.79 Å². The third-order valence-electron chi connectivity index (χ3n) is 6.07. The fourth-order valence-corrected chi connectivity index (χ4v) is 4.23. The average Bonchev–Trinajstić information content (AvgIpc) is 2.82. The van der Waals surface area contributed by atoms with Gasteiger partial charge in [-0.05, 0) is 24.0 Å². The standard InChI is InChI=1S/C25H31NO5/c27-19-25(14-8-3-9-15-25)24(30)26(16-20-10-4-1-5-11-20)22(23(28)29)18-31-17-21-12-6-2-7-13-21/h1-2,4-7,10-13,22,27H,3,8-9,14-19H2,(H,28,29). The summed E-state index contributed by atoms with van der Waals surface area (Å²) in [6.45, 7) is 0.0366. The van der Waals surface area contributed by atoms with Crippen molar-refractivity contribution in [3.63, 3.8) is 0 Å². The molecule has 166 valence electrons. The van der Waals surface area contributed by atoms with Gasteiger partial charge in [0.05, 0.1) is 25.2 Å². The molecule has 1 unspecified atom stereocenters. The van der Waals surface area contributed by atoms with E-state index in [2.05, 4.69) is 0 Å². The zero-order valence-electron chi connectivity index (χ0n) is 17.8. The lowest BCUT2D eigenvalue weighted by Gasteiger charge is -2.40.